The zero-order valence-corrected chi connectivity index (χ0v) is 8.88. The Labute approximate surface area is 86.0 Å². The van der Waals surface area contributed by atoms with Crippen LogP contribution in [0.5, 0.6) is 0 Å². The summed E-state index contributed by atoms with van der Waals surface area (Å²) < 4.78 is 15.0. The lowest BCUT2D eigenvalue weighted by atomic mass is 10.3. The number of hydrogen-bond acceptors (Lipinski definition) is 2. The summed E-state index contributed by atoms with van der Waals surface area (Å²) in [7, 11) is 0. The molecule has 0 N–H and O–H groups in total. The predicted molar refractivity (Wildman–Crippen MR) is 55.9 cm³/mol. The molecule has 0 aliphatic heterocycles. The van der Waals surface area contributed by atoms with Gasteiger partial charge in [-0.05, 0) is 31.4 Å². The van der Waals surface area contributed by atoms with E-state index in [2.05, 4.69) is 5.10 Å². The van der Waals surface area contributed by atoms with Crippen molar-refractivity contribution in [3.05, 3.63) is 29.5 Å². The van der Waals surface area contributed by atoms with E-state index in [-0.39, 0.29) is 5.82 Å². The summed E-state index contributed by atoms with van der Waals surface area (Å²) in [5.41, 5.74) is 0.714. The highest BCUT2D eigenvalue weighted by Crippen LogP contribution is 2.26. The first-order valence-electron chi connectivity index (χ1n) is 4.47. The molecule has 4 heteroatoms. The molecule has 0 spiro atoms. The number of hydrogen-bond donors (Lipinski definition) is 0. The van der Waals surface area contributed by atoms with Crippen LogP contribution in [0.15, 0.2) is 23.7 Å². The van der Waals surface area contributed by atoms with Gasteiger partial charge in [-0.15, -0.1) is 11.3 Å². The lowest BCUT2D eigenvalue weighted by molar-refractivity contribution is 0.533. The van der Waals surface area contributed by atoms with Crippen LogP contribution < -0.4 is 0 Å². The van der Waals surface area contributed by atoms with Gasteiger partial charge in [0.15, 0.2) is 0 Å². The molecule has 0 aliphatic carbocycles. The summed E-state index contributed by atoms with van der Waals surface area (Å²) in [6.45, 7) is 4.09. The van der Waals surface area contributed by atoms with Crippen LogP contribution in [-0.2, 0) is 0 Å². The zero-order chi connectivity index (χ0) is 10.1. The van der Waals surface area contributed by atoms with Gasteiger partial charge in [0.25, 0.3) is 0 Å². The highest BCUT2D eigenvalue weighted by atomic mass is 32.1. The fraction of sp³-hybridized carbons (Fsp3) is 0.300. The van der Waals surface area contributed by atoms with E-state index in [4.69, 9.17) is 0 Å². The van der Waals surface area contributed by atoms with E-state index < -0.39 is 0 Å². The van der Waals surface area contributed by atoms with Crippen LogP contribution in [0.3, 0.4) is 0 Å². The van der Waals surface area contributed by atoms with Crippen molar-refractivity contribution in [3.8, 4) is 10.6 Å². The Morgan fingerprint density at radius 3 is 2.71 bits per heavy atom. The molecule has 0 unspecified atom stereocenters. The van der Waals surface area contributed by atoms with Crippen LogP contribution in [0.25, 0.3) is 10.6 Å². The highest BCUT2D eigenvalue weighted by molar-refractivity contribution is 7.13. The Balaban J connectivity index is 2.39. The summed E-state index contributed by atoms with van der Waals surface area (Å²) in [5.74, 6) is -0.191. The van der Waals surface area contributed by atoms with Crippen LogP contribution in [-0.4, -0.2) is 9.78 Å². The van der Waals surface area contributed by atoms with Crippen LogP contribution in [0, 0.1) is 5.82 Å². The Morgan fingerprint density at radius 2 is 2.21 bits per heavy atom. The third kappa shape index (κ3) is 1.57. The molecule has 0 saturated heterocycles. The van der Waals surface area contributed by atoms with Gasteiger partial charge in [0.1, 0.15) is 11.5 Å². The molecule has 2 nitrogen and oxygen atoms in total. The molecule has 0 amide bonds. The van der Waals surface area contributed by atoms with Crippen molar-refractivity contribution in [1.82, 2.24) is 9.78 Å². The van der Waals surface area contributed by atoms with Gasteiger partial charge in [-0.3, -0.25) is 4.68 Å². The lowest BCUT2D eigenvalue weighted by Crippen LogP contribution is -2.00. The molecule has 2 heterocycles. The van der Waals surface area contributed by atoms with Crippen molar-refractivity contribution in [2.75, 3.05) is 0 Å². The van der Waals surface area contributed by atoms with E-state index in [1.54, 1.807) is 5.38 Å². The third-order valence-electron chi connectivity index (χ3n) is 1.99. The summed E-state index contributed by atoms with van der Waals surface area (Å²) in [6.07, 6.45) is 1.87. The smallest absolute Gasteiger partial charge is 0.143 e. The van der Waals surface area contributed by atoms with Gasteiger partial charge in [-0.2, -0.15) is 5.10 Å². The highest BCUT2D eigenvalue weighted by Gasteiger charge is 2.10. The van der Waals surface area contributed by atoms with Crippen molar-refractivity contribution >= 4 is 11.3 Å². The van der Waals surface area contributed by atoms with Crippen LogP contribution >= 0.6 is 11.3 Å². The fourth-order valence-electron chi connectivity index (χ4n) is 1.22. The van der Waals surface area contributed by atoms with E-state index in [0.717, 1.165) is 0 Å². The van der Waals surface area contributed by atoms with Gasteiger partial charge < -0.3 is 0 Å². The van der Waals surface area contributed by atoms with Crippen molar-refractivity contribution in [2.45, 2.75) is 19.9 Å². The Morgan fingerprint density at radius 1 is 1.43 bits per heavy atom. The molecule has 74 valence electrons. The quantitative estimate of drug-likeness (QED) is 0.743. The van der Waals surface area contributed by atoms with Gasteiger partial charge in [-0.25, -0.2) is 4.39 Å². The number of aromatic nitrogens is 2. The average Bonchev–Trinajstić information content (AvgIpc) is 2.71. The molecule has 0 bridgehead atoms. The van der Waals surface area contributed by atoms with Gasteiger partial charge in [-0.1, -0.05) is 0 Å². The van der Waals surface area contributed by atoms with Gasteiger partial charge in [0, 0.05) is 12.2 Å². The second kappa shape index (κ2) is 3.53. The van der Waals surface area contributed by atoms with Crippen molar-refractivity contribution in [1.29, 1.82) is 0 Å². The molecule has 0 atom stereocenters. The standard InChI is InChI=1S/C10H11FN2S/c1-7(2)13-5-3-9(12-13)10-8(11)4-6-14-10/h3-7H,1-2H3. The molecule has 0 radical (unpaired) electrons. The minimum Gasteiger partial charge on any atom is -0.270 e. The largest absolute Gasteiger partial charge is 0.270 e. The maximum Gasteiger partial charge on any atom is 0.143 e. The minimum atomic E-state index is -0.191. The summed E-state index contributed by atoms with van der Waals surface area (Å²) >= 11 is 1.38. The average molecular weight is 210 g/mol. The topological polar surface area (TPSA) is 17.8 Å². The number of thiophene rings is 1. The van der Waals surface area contributed by atoms with Gasteiger partial charge in [0.2, 0.25) is 0 Å². The van der Waals surface area contributed by atoms with Crippen molar-refractivity contribution in [3.63, 3.8) is 0 Å². The SMILES string of the molecule is CC(C)n1ccc(-c2sccc2F)n1. The maximum atomic E-state index is 13.2. The molecule has 2 aromatic rings. The van der Waals surface area contributed by atoms with Crippen LogP contribution in [0.4, 0.5) is 4.39 Å². The van der Waals surface area contributed by atoms with Crippen LogP contribution in [0.1, 0.15) is 19.9 Å². The number of nitrogens with zero attached hydrogens (tertiary/aromatic N) is 2. The molecule has 0 aliphatic rings. The zero-order valence-electron chi connectivity index (χ0n) is 8.07. The second-order valence-electron chi connectivity index (χ2n) is 3.37. The Hall–Kier alpha value is -1.16. The Bertz CT molecular complexity index is 431. The van der Waals surface area contributed by atoms with E-state index >= 15 is 0 Å². The molecule has 0 saturated carbocycles. The fourth-order valence-corrected chi connectivity index (χ4v) is 1.96. The van der Waals surface area contributed by atoms with E-state index in [1.165, 1.54) is 17.4 Å². The van der Waals surface area contributed by atoms with Crippen LogP contribution in [0.2, 0.25) is 0 Å². The van der Waals surface area contributed by atoms with Crippen molar-refractivity contribution < 1.29 is 4.39 Å². The van der Waals surface area contributed by atoms with Crippen molar-refractivity contribution in [2.24, 2.45) is 0 Å². The first-order valence-corrected chi connectivity index (χ1v) is 5.35. The lowest BCUT2D eigenvalue weighted by Gasteiger charge is -2.03. The number of halogens is 1. The monoisotopic (exact) mass is 210 g/mol. The minimum absolute atomic E-state index is 0.191. The summed E-state index contributed by atoms with van der Waals surface area (Å²) in [5, 5.41) is 6.04. The molecular weight excluding hydrogens is 199 g/mol. The number of rotatable bonds is 2. The van der Waals surface area contributed by atoms with E-state index in [1.807, 2.05) is 30.8 Å². The van der Waals surface area contributed by atoms with Gasteiger partial charge >= 0.3 is 0 Å². The Kier molecular flexibility index (Phi) is 2.37. The maximum absolute atomic E-state index is 13.2. The molecule has 14 heavy (non-hydrogen) atoms. The summed E-state index contributed by atoms with van der Waals surface area (Å²) in [4.78, 5) is 0.615. The first kappa shape index (κ1) is 9.40. The summed E-state index contributed by atoms with van der Waals surface area (Å²) in [6, 6.07) is 3.62. The molecule has 0 fully saturated rings. The molecule has 0 aromatic carbocycles. The second-order valence-corrected chi connectivity index (χ2v) is 4.29. The van der Waals surface area contributed by atoms with E-state index in [0.29, 0.717) is 16.6 Å². The van der Waals surface area contributed by atoms with Gasteiger partial charge in [0.05, 0.1) is 4.88 Å². The third-order valence-corrected chi connectivity index (χ3v) is 2.90. The normalized spacial score (nSPS) is 11.1. The molecule has 2 aromatic heterocycles. The molecule has 2 rings (SSSR count). The predicted octanol–water partition coefficient (Wildman–Crippen LogP) is 3.33. The molecular formula is C10H11FN2S. The van der Waals surface area contributed by atoms with E-state index in [9.17, 15) is 4.39 Å². The first-order chi connectivity index (χ1) is 6.68.